The molecule has 18 heavy (non-hydrogen) atoms. The van der Waals surface area contributed by atoms with Gasteiger partial charge in [0.25, 0.3) is 0 Å². The Morgan fingerprint density at radius 2 is 1.67 bits per heavy atom. The monoisotopic (exact) mass is 302 g/mol. The fourth-order valence-corrected chi connectivity index (χ4v) is 2.14. The zero-order valence-electron chi connectivity index (χ0n) is 8.88. The fraction of sp³-hybridized carbons (Fsp3) is 0. The minimum Gasteiger partial charge on any atom is -0.288 e. The van der Waals surface area contributed by atoms with Gasteiger partial charge in [-0.15, -0.1) is 0 Å². The third-order valence-corrected chi connectivity index (χ3v) is 3.50. The largest absolute Gasteiger partial charge is 0.288 e. The van der Waals surface area contributed by atoms with E-state index in [1.165, 1.54) is 12.1 Å². The smallest absolute Gasteiger partial charge is 0.196 e. The molecular formula is C13H6Cl3FO. The van der Waals surface area contributed by atoms with Crippen LogP contribution in [0, 0.1) is 5.82 Å². The first-order chi connectivity index (χ1) is 8.50. The summed E-state index contributed by atoms with van der Waals surface area (Å²) in [5, 5.41) is 0.473. The van der Waals surface area contributed by atoms with Crippen molar-refractivity contribution in [3.63, 3.8) is 0 Å². The van der Waals surface area contributed by atoms with Crippen LogP contribution in [0.4, 0.5) is 4.39 Å². The van der Waals surface area contributed by atoms with Crippen molar-refractivity contribution < 1.29 is 9.18 Å². The summed E-state index contributed by atoms with van der Waals surface area (Å²) < 4.78 is 12.9. The minimum absolute atomic E-state index is 0.0380. The SMILES string of the molecule is O=C(c1ccc(F)cc1Cl)c1cccc(Cl)c1Cl. The zero-order chi connectivity index (χ0) is 13.3. The van der Waals surface area contributed by atoms with E-state index in [2.05, 4.69) is 0 Å². The van der Waals surface area contributed by atoms with Crippen molar-refractivity contribution in [3.8, 4) is 0 Å². The van der Waals surface area contributed by atoms with Crippen LogP contribution in [0.2, 0.25) is 15.1 Å². The van der Waals surface area contributed by atoms with E-state index in [-0.39, 0.29) is 26.2 Å². The van der Waals surface area contributed by atoms with Gasteiger partial charge in [0.2, 0.25) is 0 Å². The highest BCUT2D eigenvalue weighted by molar-refractivity contribution is 6.45. The molecule has 5 heteroatoms. The number of carbonyl (C=O) groups is 1. The van der Waals surface area contributed by atoms with Crippen LogP contribution in [0.15, 0.2) is 36.4 Å². The summed E-state index contributed by atoms with van der Waals surface area (Å²) >= 11 is 17.6. The topological polar surface area (TPSA) is 17.1 Å². The quantitative estimate of drug-likeness (QED) is 0.712. The molecule has 0 aliphatic carbocycles. The van der Waals surface area contributed by atoms with Crippen LogP contribution < -0.4 is 0 Å². The van der Waals surface area contributed by atoms with Gasteiger partial charge in [-0.2, -0.15) is 0 Å². The molecule has 0 heterocycles. The number of hydrogen-bond donors (Lipinski definition) is 0. The molecule has 0 saturated heterocycles. The van der Waals surface area contributed by atoms with Crippen LogP contribution in [-0.2, 0) is 0 Å². The van der Waals surface area contributed by atoms with Crippen molar-refractivity contribution in [3.05, 3.63) is 68.4 Å². The molecule has 0 aliphatic heterocycles. The van der Waals surface area contributed by atoms with Gasteiger partial charge in [-0.25, -0.2) is 4.39 Å². The first-order valence-corrected chi connectivity index (χ1v) is 6.08. The van der Waals surface area contributed by atoms with Crippen molar-refractivity contribution in [1.29, 1.82) is 0 Å². The molecule has 0 atom stereocenters. The highest BCUT2D eigenvalue weighted by atomic mass is 35.5. The second-order valence-electron chi connectivity index (χ2n) is 3.55. The Morgan fingerprint density at radius 1 is 0.944 bits per heavy atom. The van der Waals surface area contributed by atoms with Gasteiger partial charge in [0.15, 0.2) is 5.78 Å². The molecule has 0 bridgehead atoms. The van der Waals surface area contributed by atoms with Gasteiger partial charge in [0, 0.05) is 11.1 Å². The lowest BCUT2D eigenvalue weighted by Crippen LogP contribution is -2.03. The first-order valence-electron chi connectivity index (χ1n) is 4.94. The molecule has 92 valence electrons. The van der Waals surface area contributed by atoms with Gasteiger partial charge in [-0.1, -0.05) is 40.9 Å². The lowest BCUT2D eigenvalue weighted by atomic mass is 10.0. The van der Waals surface area contributed by atoms with Crippen LogP contribution in [0.1, 0.15) is 15.9 Å². The summed E-state index contributed by atoms with van der Waals surface area (Å²) in [5.41, 5.74) is 0.417. The molecule has 0 spiro atoms. The van der Waals surface area contributed by atoms with Gasteiger partial charge < -0.3 is 0 Å². The third kappa shape index (κ3) is 2.51. The third-order valence-electron chi connectivity index (χ3n) is 2.37. The number of rotatable bonds is 2. The molecule has 0 radical (unpaired) electrons. The summed E-state index contributed by atoms with van der Waals surface area (Å²) in [6.45, 7) is 0. The normalized spacial score (nSPS) is 10.4. The Kier molecular flexibility index (Phi) is 3.91. The van der Waals surface area contributed by atoms with Gasteiger partial charge in [-0.05, 0) is 30.3 Å². The maximum absolute atomic E-state index is 12.9. The van der Waals surface area contributed by atoms with Crippen LogP contribution >= 0.6 is 34.8 Å². The summed E-state index contributed by atoms with van der Waals surface area (Å²) in [6.07, 6.45) is 0. The molecule has 2 aromatic rings. The Hall–Kier alpha value is -1.09. The Bertz CT molecular complexity index is 626. The van der Waals surface area contributed by atoms with Crippen molar-refractivity contribution in [1.82, 2.24) is 0 Å². The van der Waals surface area contributed by atoms with E-state index in [1.807, 2.05) is 0 Å². The predicted octanol–water partition coefficient (Wildman–Crippen LogP) is 5.02. The maximum atomic E-state index is 12.9. The summed E-state index contributed by atoms with van der Waals surface area (Å²) in [6, 6.07) is 8.28. The number of carbonyl (C=O) groups excluding carboxylic acids is 1. The molecule has 0 aliphatic rings. The zero-order valence-corrected chi connectivity index (χ0v) is 11.2. The van der Waals surface area contributed by atoms with Crippen molar-refractivity contribution >= 4 is 40.6 Å². The molecule has 1 nitrogen and oxygen atoms in total. The lowest BCUT2D eigenvalue weighted by molar-refractivity contribution is 0.103. The standard InChI is InChI=1S/C13H6Cl3FO/c14-10-3-1-2-9(12(10)16)13(18)8-5-4-7(17)6-11(8)15/h1-6H. The minimum atomic E-state index is -0.506. The van der Waals surface area contributed by atoms with Crippen LogP contribution in [0.3, 0.4) is 0 Å². The van der Waals surface area contributed by atoms with Crippen LogP contribution in [0.25, 0.3) is 0 Å². The van der Waals surface area contributed by atoms with E-state index in [9.17, 15) is 9.18 Å². The molecule has 2 aromatic carbocycles. The van der Waals surface area contributed by atoms with Crippen molar-refractivity contribution in [2.24, 2.45) is 0 Å². The van der Waals surface area contributed by atoms with Crippen LogP contribution in [-0.4, -0.2) is 5.78 Å². The molecule has 0 aromatic heterocycles. The van der Waals surface area contributed by atoms with Crippen LogP contribution in [0.5, 0.6) is 0 Å². The molecular weight excluding hydrogens is 297 g/mol. The predicted molar refractivity (Wildman–Crippen MR) is 71.3 cm³/mol. The van der Waals surface area contributed by atoms with Gasteiger partial charge in [-0.3, -0.25) is 4.79 Å². The molecule has 2 rings (SSSR count). The van der Waals surface area contributed by atoms with Gasteiger partial charge in [0.1, 0.15) is 5.82 Å². The van der Waals surface area contributed by atoms with Gasteiger partial charge >= 0.3 is 0 Å². The molecule has 0 unspecified atom stereocenters. The fourth-order valence-electron chi connectivity index (χ4n) is 1.50. The van der Waals surface area contributed by atoms with E-state index in [4.69, 9.17) is 34.8 Å². The average molecular weight is 304 g/mol. The molecule has 0 amide bonds. The molecule has 0 fully saturated rings. The van der Waals surface area contributed by atoms with E-state index in [0.717, 1.165) is 12.1 Å². The second-order valence-corrected chi connectivity index (χ2v) is 4.75. The highest BCUT2D eigenvalue weighted by Crippen LogP contribution is 2.29. The Labute approximate surface area is 118 Å². The van der Waals surface area contributed by atoms with E-state index in [0.29, 0.717) is 0 Å². The summed E-state index contributed by atoms with van der Waals surface area (Å²) in [7, 11) is 0. The van der Waals surface area contributed by atoms with E-state index < -0.39 is 11.6 Å². The average Bonchev–Trinajstić information content (AvgIpc) is 2.32. The molecule has 0 saturated carbocycles. The molecule has 0 N–H and O–H groups in total. The Morgan fingerprint density at radius 3 is 2.33 bits per heavy atom. The number of hydrogen-bond acceptors (Lipinski definition) is 1. The maximum Gasteiger partial charge on any atom is 0.196 e. The summed E-state index contributed by atoms with van der Waals surface area (Å²) in [4.78, 5) is 12.2. The first kappa shape index (κ1) is 13.3. The Balaban J connectivity index is 2.51. The van der Waals surface area contributed by atoms with Crippen molar-refractivity contribution in [2.75, 3.05) is 0 Å². The van der Waals surface area contributed by atoms with Gasteiger partial charge in [0.05, 0.1) is 15.1 Å². The number of ketones is 1. The van der Waals surface area contributed by atoms with E-state index in [1.54, 1.807) is 12.1 Å². The summed E-state index contributed by atoms with van der Waals surface area (Å²) in [5.74, 6) is -0.902. The highest BCUT2D eigenvalue weighted by Gasteiger charge is 2.17. The number of halogens is 4. The van der Waals surface area contributed by atoms with E-state index >= 15 is 0 Å². The number of benzene rings is 2. The lowest BCUT2D eigenvalue weighted by Gasteiger charge is -2.06. The van der Waals surface area contributed by atoms with Crippen molar-refractivity contribution in [2.45, 2.75) is 0 Å². The second kappa shape index (κ2) is 5.27.